The van der Waals surface area contributed by atoms with E-state index in [0.717, 1.165) is 30.8 Å². The maximum absolute atomic E-state index is 4.71. The first-order valence-electron chi connectivity index (χ1n) is 7.84. The third-order valence-electron chi connectivity index (χ3n) is 3.99. The van der Waals surface area contributed by atoms with Crippen LogP contribution in [-0.2, 0) is 6.42 Å². The molecule has 0 aromatic carbocycles. The molecule has 2 aromatic rings. The van der Waals surface area contributed by atoms with Crippen LogP contribution in [0.25, 0.3) is 0 Å². The molecule has 4 heteroatoms. The van der Waals surface area contributed by atoms with E-state index in [0.29, 0.717) is 6.04 Å². The lowest BCUT2D eigenvalue weighted by Gasteiger charge is -2.19. The molecule has 1 N–H and O–H groups in total. The van der Waals surface area contributed by atoms with Crippen molar-refractivity contribution in [3.63, 3.8) is 0 Å². The van der Waals surface area contributed by atoms with E-state index >= 15 is 0 Å². The Hall–Kier alpha value is -1.68. The van der Waals surface area contributed by atoms with E-state index in [2.05, 4.69) is 61.0 Å². The average Bonchev–Trinajstić information content (AvgIpc) is 2.95. The predicted octanol–water partition coefficient (Wildman–Crippen LogP) is 3.45. The number of aromatic nitrogens is 3. The molecular formula is C17H26N4. The van der Waals surface area contributed by atoms with Gasteiger partial charge in [0, 0.05) is 36.6 Å². The number of aryl methyl sites for hydroxylation is 1. The normalized spacial score (nSPS) is 14.1. The zero-order valence-electron chi connectivity index (χ0n) is 13.5. The summed E-state index contributed by atoms with van der Waals surface area (Å²) < 4.78 is 2.06. The van der Waals surface area contributed by atoms with Gasteiger partial charge < -0.3 is 5.32 Å². The van der Waals surface area contributed by atoms with E-state index in [1.807, 2.05) is 12.3 Å². The molecule has 0 radical (unpaired) electrons. The number of hydrogen-bond acceptors (Lipinski definition) is 3. The molecule has 0 amide bonds. The third-order valence-corrected chi connectivity index (χ3v) is 3.99. The smallest absolute Gasteiger partial charge is 0.0643 e. The second kappa shape index (κ2) is 7.36. The second-order valence-corrected chi connectivity index (χ2v) is 5.54. The van der Waals surface area contributed by atoms with Gasteiger partial charge in [0.1, 0.15) is 0 Å². The van der Waals surface area contributed by atoms with Gasteiger partial charge in [0.15, 0.2) is 0 Å². The molecule has 0 aliphatic carbocycles. The zero-order valence-corrected chi connectivity index (χ0v) is 13.5. The van der Waals surface area contributed by atoms with Gasteiger partial charge >= 0.3 is 0 Å². The fourth-order valence-electron chi connectivity index (χ4n) is 2.53. The van der Waals surface area contributed by atoms with Crippen LogP contribution in [0.15, 0.2) is 30.6 Å². The summed E-state index contributed by atoms with van der Waals surface area (Å²) in [5, 5.41) is 8.27. The molecule has 0 bridgehead atoms. The first-order valence-corrected chi connectivity index (χ1v) is 7.84. The molecule has 2 rings (SSSR count). The SMILES string of the molecule is CCNC(Cc1ccn(C(C)CC)n1)c1cccnc1C. The van der Waals surface area contributed by atoms with E-state index in [1.54, 1.807) is 0 Å². The fourth-order valence-corrected chi connectivity index (χ4v) is 2.53. The maximum Gasteiger partial charge on any atom is 0.0643 e. The lowest BCUT2D eigenvalue weighted by atomic mass is 10.0. The summed E-state index contributed by atoms with van der Waals surface area (Å²) in [6.45, 7) is 9.52. The van der Waals surface area contributed by atoms with Crippen molar-refractivity contribution < 1.29 is 0 Å². The van der Waals surface area contributed by atoms with Crippen LogP contribution in [0.4, 0.5) is 0 Å². The minimum Gasteiger partial charge on any atom is -0.310 e. The molecule has 2 heterocycles. The number of likely N-dealkylation sites (N-methyl/N-ethyl adjacent to an activating group) is 1. The molecule has 0 fully saturated rings. The Bertz CT molecular complexity index is 561. The maximum atomic E-state index is 4.71. The summed E-state index contributed by atoms with van der Waals surface area (Å²) in [5.41, 5.74) is 3.48. The quantitative estimate of drug-likeness (QED) is 0.847. The minimum atomic E-state index is 0.268. The summed E-state index contributed by atoms with van der Waals surface area (Å²) in [4.78, 5) is 4.40. The number of hydrogen-bond donors (Lipinski definition) is 1. The monoisotopic (exact) mass is 286 g/mol. The van der Waals surface area contributed by atoms with Gasteiger partial charge in [-0.1, -0.05) is 19.9 Å². The lowest BCUT2D eigenvalue weighted by Crippen LogP contribution is -2.24. The van der Waals surface area contributed by atoms with Crippen molar-refractivity contribution in [2.75, 3.05) is 6.54 Å². The van der Waals surface area contributed by atoms with Crippen molar-refractivity contribution in [3.8, 4) is 0 Å². The van der Waals surface area contributed by atoms with E-state index in [-0.39, 0.29) is 6.04 Å². The summed E-state index contributed by atoms with van der Waals surface area (Å²) in [5.74, 6) is 0. The summed E-state index contributed by atoms with van der Waals surface area (Å²) >= 11 is 0. The molecular weight excluding hydrogens is 260 g/mol. The van der Waals surface area contributed by atoms with Gasteiger partial charge in [-0.2, -0.15) is 5.10 Å². The molecule has 0 saturated heterocycles. The first-order chi connectivity index (χ1) is 10.2. The van der Waals surface area contributed by atoms with Crippen LogP contribution in [0.3, 0.4) is 0 Å². The average molecular weight is 286 g/mol. The van der Waals surface area contributed by atoms with Crippen LogP contribution in [0.2, 0.25) is 0 Å². The summed E-state index contributed by atoms with van der Waals surface area (Å²) in [6.07, 6.45) is 5.92. The van der Waals surface area contributed by atoms with E-state index in [4.69, 9.17) is 5.10 Å². The minimum absolute atomic E-state index is 0.268. The molecule has 0 spiro atoms. The van der Waals surface area contributed by atoms with Gasteiger partial charge in [-0.05, 0) is 44.5 Å². The zero-order chi connectivity index (χ0) is 15.2. The Labute approximate surface area is 127 Å². The van der Waals surface area contributed by atoms with Gasteiger partial charge in [-0.25, -0.2) is 0 Å². The molecule has 0 aliphatic heterocycles. The van der Waals surface area contributed by atoms with Gasteiger partial charge in [-0.3, -0.25) is 9.67 Å². The summed E-state index contributed by atoms with van der Waals surface area (Å²) in [6, 6.07) is 7.01. The number of nitrogens with one attached hydrogen (secondary N) is 1. The highest BCUT2D eigenvalue weighted by atomic mass is 15.3. The molecule has 114 valence electrons. The Morgan fingerprint density at radius 1 is 1.29 bits per heavy atom. The van der Waals surface area contributed by atoms with Crippen molar-refractivity contribution in [3.05, 3.63) is 47.5 Å². The van der Waals surface area contributed by atoms with Crippen LogP contribution >= 0.6 is 0 Å². The van der Waals surface area contributed by atoms with Crippen molar-refractivity contribution in [2.45, 2.75) is 52.6 Å². The van der Waals surface area contributed by atoms with Crippen molar-refractivity contribution in [1.82, 2.24) is 20.1 Å². The van der Waals surface area contributed by atoms with Gasteiger partial charge in [0.2, 0.25) is 0 Å². The Morgan fingerprint density at radius 2 is 2.10 bits per heavy atom. The number of rotatable bonds is 7. The largest absolute Gasteiger partial charge is 0.310 e. The molecule has 0 saturated carbocycles. The molecule has 4 nitrogen and oxygen atoms in total. The number of nitrogens with zero attached hydrogens (tertiary/aromatic N) is 3. The van der Waals surface area contributed by atoms with Crippen LogP contribution in [-0.4, -0.2) is 21.3 Å². The fraction of sp³-hybridized carbons (Fsp3) is 0.529. The molecule has 2 atom stereocenters. The van der Waals surface area contributed by atoms with Crippen molar-refractivity contribution in [1.29, 1.82) is 0 Å². The highest BCUT2D eigenvalue weighted by Crippen LogP contribution is 2.20. The van der Waals surface area contributed by atoms with Gasteiger partial charge in [0.25, 0.3) is 0 Å². The standard InChI is InChI=1S/C17H26N4/c1-5-13(3)21-11-9-15(20-21)12-17(18-6-2)16-8-7-10-19-14(16)4/h7-11,13,17-18H,5-6,12H2,1-4H3. The van der Waals surface area contributed by atoms with Gasteiger partial charge in [-0.15, -0.1) is 0 Å². The van der Waals surface area contributed by atoms with Crippen LogP contribution < -0.4 is 5.32 Å². The van der Waals surface area contributed by atoms with Crippen molar-refractivity contribution >= 4 is 0 Å². The van der Waals surface area contributed by atoms with E-state index < -0.39 is 0 Å². The van der Waals surface area contributed by atoms with Gasteiger partial charge in [0.05, 0.1) is 5.69 Å². The Morgan fingerprint density at radius 3 is 2.76 bits per heavy atom. The predicted molar refractivity (Wildman–Crippen MR) is 86.3 cm³/mol. The third kappa shape index (κ3) is 3.91. The van der Waals surface area contributed by atoms with Crippen molar-refractivity contribution in [2.24, 2.45) is 0 Å². The topological polar surface area (TPSA) is 42.7 Å². The number of pyridine rings is 1. The van der Waals surface area contributed by atoms with Crippen LogP contribution in [0.1, 0.15) is 56.2 Å². The van der Waals surface area contributed by atoms with Crippen LogP contribution in [0, 0.1) is 6.92 Å². The first kappa shape index (κ1) is 15.7. The Kier molecular flexibility index (Phi) is 5.51. The highest BCUT2D eigenvalue weighted by Gasteiger charge is 2.16. The highest BCUT2D eigenvalue weighted by molar-refractivity contribution is 5.24. The van der Waals surface area contributed by atoms with E-state index in [1.165, 1.54) is 5.56 Å². The molecule has 0 aliphatic rings. The lowest BCUT2D eigenvalue weighted by molar-refractivity contribution is 0.466. The van der Waals surface area contributed by atoms with E-state index in [9.17, 15) is 0 Å². The molecule has 21 heavy (non-hydrogen) atoms. The molecule has 2 aromatic heterocycles. The summed E-state index contributed by atoms with van der Waals surface area (Å²) in [7, 11) is 0. The Balaban J connectivity index is 2.17. The molecule has 2 unspecified atom stereocenters. The van der Waals surface area contributed by atoms with Crippen LogP contribution in [0.5, 0.6) is 0 Å². The second-order valence-electron chi connectivity index (χ2n) is 5.54.